The van der Waals surface area contributed by atoms with Crippen molar-refractivity contribution in [3.63, 3.8) is 0 Å². The second kappa shape index (κ2) is 9.15. The van der Waals surface area contributed by atoms with Crippen LogP contribution in [0.2, 0.25) is 0 Å². The van der Waals surface area contributed by atoms with Crippen LogP contribution in [-0.2, 0) is 9.53 Å². The maximum absolute atomic E-state index is 11.3. The molecule has 0 unspecified atom stereocenters. The fourth-order valence-electron chi connectivity index (χ4n) is 1.15. The van der Waals surface area contributed by atoms with E-state index in [9.17, 15) is 20.1 Å². The first-order valence-electron chi connectivity index (χ1n) is 5.73. The van der Waals surface area contributed by atoms with Gasteiger partial charge in [-0.2, -0.15) is 0 Å². The molecule has 0 aromatic rings. The Morgan fingerprint density at radius 1 is 0.800 bits per heavy atom. The maximum Gasteiger partial charge on any atom is 0.337 e. The fourth-order valence-corrected chi connectivity index (χ4v) is 1.15. The Kier molecular flexibility index (Phi) is 8.76. The number of ether oxygens (including phenoxy) is 1. The highest BCUT2D eigenvalue weighted by Gasteiger charge is 2.35. The molecule has 8 N–H and O–H groups in total. The van der Waals surface area contributed by atoms with E-state index in [-0.39, 0.29) is 0 Å². The van der Waals surface area contributed by atoms with Crippen molar-refractivity contribution in [2.75, 3.05) is 19.8 Å². The zero-order valence-corrected chi connectivity index (χ0v) is 10.5. The minimum absolute atomic E-state index is 0.761. The smallest absolute Gasteiger partial charge is 0.337 e. The Balaban J connectivity index is 4.33. The van der Waals surface area contributed by atoms with Crippen molar-refractivity contribution in [1.29, 1.82) is 0 Å². The summed E-state index contributed by atoms with van der Waals surface area (Å²) in [7, 11) is 0. The van der Waals surface area contributed by atoms with E-state index in [1.807, 2.05) is 0 Å². The van der Waals surface area contributed by atoms with E-state index in [0.29, 0.717) is 0 Å². The predicted octanol–water partition coefficient (Wildman–Crippen LogP) is -5.32. The van der Waals surface area contributed by atoms with Crippen LogP contribution in [0.5, 0.6) is 0 Å². The van der Waals surface area contributed by atoms with E-state index in [1.54, 1.807) is 0 Å². The molecule has 10 nitrogen and oxygen atoms in total. The highest BCUT2D eigenvalue weighted by Crippen LogP contribution is 2.07. The summed E-state index contributed by atoms with van der Waals surface area (Å²) in [6, 6.07) is 0. The van der Waals surface area contributed by atoms with Gasteiger partial charge in [0.15, 0.2) is 6.10 Å². The first-order valence-corrected chi connectivity index (χ1v) is 5.73. The zero-order valence-electron chi connectivity index (χ0n) is 10.5. The molecule has 0 aromatic heterocycles. The van der Waals surface area contributed by atoms with Crippen LogP contribution in [0, 0.1) is 0 Å². The summed E-state index contributed by atoms with van der Waals surface area (Å²) < 4.78 is 4.35. The van der Waals surface area contributed by atoms with Crippen molar-refractivity contribution >= 4 is 5.97 Å². The molecule has 0 saturated heterocycles. The third-order valence-electron chi connectivity index (χ3n) is 2.52. The summed E-state index contributed by atoms with van der Waals surface area (Å²) in [6.07, 6.45) is -11.3. The summed E-state index contributed by atoms with van der Waals surface area (Å²) >= 11 is 0. The van der Waals surface area contributed by atoms with Gasteiger partial charge in [0.1, 0.15) is 37.1 Å². The maximum atomic E-state index is 11.3. The van der Waals surface area contributed by atoms with Gasteiger partial charge in [0, 0.05) is 0 Å². The van der Waals surface area contributed by atoms with Crippen LogP contribution >= 0.6 is 0 Å². The molecule has 0 saturated carbocycles. The standard InChI is InChI=1S/C10H20O10/c11-1-4(13)6(15)3-20-10(19)9(18)8(17)7(16)5(14)2-12/h4-9,11-18H,1-3H2/t4-,5-,6+,7-,8+,9+/m1/s1. The lowest BCUT2D eigenvalue weighted by atomic mass is 10.0. The summed E-state index contributed by atoms with van der Waals surface area (Å²) in [5, 5.41) is 72.2. The number of hydrogen-bond acceptors (Lipinski definition) is 10. The van der Waals surface area contributed by atoms with Gasteiger partial charge in [-0.3, -0.25) is 0 Å². The van der Waals surface area contributed by atoms with E-state index < -0.39 is 62.4 Å². The van der Waals surface area contributed by atoms with Gasteiger partial charge in [0.05, 0.1) is 13.2 Å². The van der Waals surface area contributed by atoms with E-state index in [4.69, 9.17) is 25.5 Å². The van der Waals surface area contributed by atoms with Crippen molar-refractivity contribution in [1.82, 2.24) is 0 Å². The van der Waals surface area contributed by atoms with Gasteiger partial charge in [0.2, 0.25) is 0 Å². The molecular formula is C10H20O10. The van der Waals surface area contributed by atoms with Crippen LogP contribution < -0.4 is 0 Å². The summed E-state index contributed by atoms with van der Waals surface area (Å²) in [4.78, 5) is 11.3. The van der Waals surface area contributed by atoms with Crippen molar-refractivity contribution in [2.45, 2.75) is 36.6 Å². The van der Waals surface area contributed by atoms with Gasteiger partial charge >= 0.3 is 5.97 Å². The monoisotopic (exact) mass is 300 g/mol. The first-order chi connectivity index (χ1) is 9.26. The molecule has 0 spiro atoms. The molecule has 0 aliphatic carbocycles. The normalized spacial score (nSPS) is 20.6. The number of carbonyl (C=O) groups is 1. The van der Waals surface area contributed by atoms with Gasteiger partial charge in [-0.15, -0.1) is 0 Å². The summed E-state index contributed by atoms with van der Waals surface area (Å²) in [5.74, 6) is -1.43. The van der Waals surface area contributed by atoms with Crippen LogP contribution in [0.15, 0.2) is 0 Å². The van der Waals surface area contributed by atoms with Crippen LogP contribution in [-0.4, -0.2) is 103 Å². The predicted molar refractivity (Wildman–Crippen MR) is 61.2 cm³/mol. The number of aliphatic hydroxyl groups is 8. The Morgan fingerprint density at radius 3 is 1.75 bits per heavy atom. The second-order valence-electron chi connectivity index (χ2n) is 4.12. The molecule has 0 fully saturated rings. The van der Waals surface area contributed by atoms with E-state index in [1.165, 1.54) is 0 Å². The van der Waals surface area contributed by atoms with Gasteiger partial charge in [-0.25, -0.2) is 4.79 Å². The molecule has 10 heteroatoms. The van der Waals surface area contributed by atoms with Crippen molar-refractivity contribution in [3.05, 3.63) is 0 Å². The molecule has 0 rings (SSSR count). The number of esters is 1. The number of rotatable bonds is 9. The van der Waals surface area contributed by atoms with Crippen LogP contribution in [0.25, 0.3) is 0 Å². The molecular weight excluding hydrogens is 280 g/mol. The molecule has 0 bridgehead atoms. The van der Waals surface area contributed by atoms with Gasteiger partial charge in [0.25, 0.3) is 0 Å². The molecule has 120 valence electrons. The average Bonchev–Trinajstić information content (AvgIpc) is 2.47. The second-order valence-corrected chi connectivity index (χ2v) is 4.12. The van der Waals surface area contributed by atoms with E-state index in [2.05, 4.69) is 4.74 Å². The minimum atomic E-state index is -2.23. The fraction of sp³-hybridized carbons (Fsp3) is 0.900. The lowest BCUT2D eigenvalue weighted by Crippen LogP contribution is -2.49. The minimum Gasteiger partial charge on any atom is -0.461 e. The molecule has 0 aromatic carbocycles. The van der Waals surface area contributed by atoms with Crippen LogP contribution in [0.1, 0.15) is 0 Å². The summed E-state index contributed by atoms with van der Waals surface area (Å²) in [6.45, 7) is -2.43. The SMILES string of the molecule is O=C(OC[C@H](O)[C@H](O)CO)[C@@H](O)[C@@H](O)[C@H](O)[C@H](O)CO. The average molecular weight is 300 g/mol. The lowest BCUT2D eigenvalue weighted by Gasteiger charge is -2.25. The lowest BCUT2D eigenvalue weighted by molar-refractivity contribution is -0.174. The topological polar surface area (TPSA) is 188 Å². The first kappa shape index (κ1) is 19.1. The molecule has 0 aliphatic heterocycles. The molecule has 0 aliphatic rings. The van der Waals surface area contributed by atoms with Gasteiger partial charge in [-0.1, -0.05) is 0 Å². The Labute approximate surface area is 114 Å². The third-order valence-corrected chi connectivity index (χ3v) is 2.52. The van der Waals surface area contributed by atoms with Crippen molar-refractivity contribution < 1.29 is 50.4 Å². The third kappa shape index (κ3) is 5.64. The highest BCUT2D eigenvalue weighted by atomic mass is 16.6. The molecule has 6 atom stereocenters. The molecule has 20 heavy (non-hydrogen) atoms. The van der Waals surface area contributed by atoms with Gasteiger partial charge in [-0.05, 0) is 0 Å². The largest absolute Gasteiger partial charge is 0.461 e. The van der Waals surface area contributed by atoms with Crippen LogP contribution in [0.3, 0.4) is 0 Å². The Morgan fingerprint density at radius 2 is 1.30 bits per heavy atom. The molecule has 0 radical (unpaired) electrons. The highest BCUT2D eigenvalue weighted by molar-refractivity contribution is 5.75. The van der Waals surface area contributed by atoms with Crippen molar-refractivity contribution in [2.24, 2.45) is 0 Å². The Bertz CT molecular complexity index is 285. The van der Waals surface area contributed by atoms with E-state index >= 15 is 0 Å². The number of carbonyl (C=O) groups excluding carboxylic acids is 1. The van der Waals surface area contributed by atoms with Gasteiger partial charge < -0.3 is 45.6 Å². The quantitative estimate of drug-likeness (QED) is 0.191. The zero-order chi connectivity index (χ0) is 15.9. The Hall–Kier alpha value is -0.850. The number of hydrogen-bond donors (Lipinski definition) is 8. The van der Waals surface area contributed by atoms with Crippen molar-refractivity contribution in [3.8, 4) is 0 Å². The summed E-state index contributed by atoms with van der Waals surface area (Å²) in [5.41, 5.74) is 0. The molecule has 0 heterocycles. The number of aliphatic hydroxyl groups excluding tert-OH is 8. The van der Waals surface area contributed by atoms with E-state index in [0.717, 1.165) is 0 Å². The molecule has 0 amide bonds. The van der Waals surface area contributed by atoms with Crippen LogP contribution in [0.4, 0.5) is 0 Å².